The predicted molar refractivity (Wildman–Crippen MR) is 132 cm³/mol. The van der Waals surface area contributed by atoms with Crippen LogP contribution in [-0.2, 0) is 0 Å². The van der Waals surface area contributed by atoms with E-state index in [0.717, 1.165) is 25.0 Å². The zero-order valence-corrected chi connectivity index (χ0v) is 20.0. The summed E-state index contributed by atoms with van der Waals surface area (Å²) in [4.78, 5) is 19.5. The van der Waals surface area contributed by atoms with Gasteiger partial charge in [-0.15, -0.1) is 0 Å². The van der Waals surface area contributed by atoms with E-state index in [9.17, 15) is 8.78 Å². The van der Waals surface area contributed by atoms with Gasteiger partial charge in [0.05, 0.1) is 36.4 Å². The molecule has 2 N–H and O–H groups in total. The van der Waals surface area contributed by atoms with Crippen LogP contribution in [0.2, 0.25) is 0 Å². The van der Waals surface area contributed by atoms with E-state index in [1.807, 2.05) is 0 Å². The van der Waals surface area contributed by atoms with Crippen LogP contribution < -0.4 is 20.1 Å². The van der Waals surface area contributed by atoms with Crippen molar-refractivity contribution >= 4 is 34.0 Å². The van der Waals surface area contributed by atoms with Crippen LogP contribution in [-0.4, -0.2) is 58.2 Å². The van der Waals surface area contributed by atoms with Gasteiger partial charge in [-0.1, -0.05) is 0 Å². The quantitative estimate of drug-likeness (QED) is 0.363. The fourth-order valence-corrected chi connectivity index (χ4v) is 3.91. The number of hydrogen-bond donors (Lipinski definition) is 2. The summed E-state index contributed by atoms with van der Waals surface area (Å²) in [6.07, 6.45) is 6.74. The molecule has 5 rings (SSSR count). The summed E-state index contributed by atoms with van der Waals surface area (Å²) in [5.74, 6) is -0.103. The summed E-state index contributed by atoms with van der Waals surface area (Å²) in [5, 5.41) is 6.67. The highest BCUT2D eigenvalue weighted by Crippen LogP contribution is 2.34. The minimum absolute atomic E-state index is 0.115. The second kappa shape index (κ2) is 9.86. The standard InChI is InChI=1S/C25H25F2N7O2/c1-34(2)17-9-18(10-17)36-24-22(35-3)8-16(13-30-24)32-25-28-5-4-23(33-25)31-15-6-14-7-19(26)20(27)11-21(14)29-12-15/h4-8,11-13,17-18H,9-10H2,1-3H3,(H2,28,31,32,33). The highest BCUT2D eigenvalue weighted by Gasteiger charge is 2.33. The van der Waals surface area contributed by atoms with Crippen molar-refractivity contribution < 1.29 is 18.3 Å². The van der Waals surface area contributed by atoms with Crippen LogP contribution >= 0.6 is 0 Å². The molecule has 0 bridgehead atoms. The molecule has 0 amide bonds. The molecule has 11 heteroatoms. The fourth-order valence-electron chi connectivity index (χ4n) is 3.91. The maximum absolute atomic E-state index is 13.6. The Labute approximate surface area is 206 Å². The van der Waals surface area contributed by atoms with Crippen LogP contribution in [0.4, 0.5) is 31.9 Å². The van der Waals surface area contributed by atoms with Gasteiger partial charge in [0.25, 0.3) is 5.88 Å². The first-order valence-corrected chi connectivity index (χ1v) is 11.4. The van der Waals surface area contributed by atoms with E-state index in [-0.39, 0.29) is 6.10 Å². The van der Waals surface area contributed by atoms with Crippen molar-refractivity contribution in [3.05, 3.63) is 60.6 Å². The summed E-state index contributed by atoms with van der Waals surface area (Å²) in [6.45, 7) is 0. The zero-order valence-electron chi connectivity index (χ0n) is 20.0. The van der Waals surface area contributed by atoms with Crippen LogP contribution in [0.15, 0.2) is 48.9 Å². The highest BCUT2D eigenvalue weighted by molar-refractivity contribution is 5.82. The Balaban J connectivity index is 1.27. The Morgan fingerprint density at radius 2 is 1.69 bits per heavy atom. The Hall–Kier alpha value is -4.12. The largest absolute Gasteiger partial charge is 0.491 e. The van der Waals surface area contributed by atoms with Gasteiger partial charge >= 0.3 is 0 Å². The van der Waals surface area contributed by atoms with E-state index < -0.39 is 11.6 Å². The average Bonchev–Trinajstić information content (AvgIpc) is 2.82. The molecule has 186 valence electrons. The molecule has 9 nitrogen and oxygen atoms in total. The van der Waals surface area contributed by atoms with Gasteiger partial charge < -0.3 is 25.0 Å². The van der Waals surface area contributed by atoms with Gasteiger partial charge in [0.1, 0.15) is 11.9 Å². The average molecular weight is 494 g/mol. The second-order valence-electron chi connectivity index (χ2n) is 8.76. The maximum atomic E-state index is 13.6. The normalized spacial score (nSPS) is 17.1. The van der Waals surface area contributed by atoms with Crippen LogP contribution in [0.1, 0.15) is 12.8 Å². The lowest BCUT2D eigenvalue weighted by atomic mass is 9.88. The number of ether oxygens (including phenoxy) is 2. The van der Waals surface area contributed by atoms with E-state index in [0.29, 0.717) is 51.7 Å². The Bertz CT molecular complexity index is 1400. The maximum Gasteiger partial charge on any atom is 0.257 e. The molecule has 0 saturated heterocycles. The van der Waals surface area contributed by atoms with E-state index in [1.165, 1.54) is 6.20 Å². The lowest BCUT2D eigenvalue weighted by Gasteiger charge is -2.39. The van der Waals surface area contributed by atoms with Gasteiger partial charge in [0.2, 0.25) is 5.95 Å². The number of methoxy groups -OCH3 is 1. The van der Waals surface area contributed by atoms with Gasteiger partial charge in [-0.3, -0.25) is 4.98 Å². The Morgan fingerprint density at radius 3 is 2.47 bits per heavy atom. The number of nitrogens with zero attached hydrogens (tertiary/aromatic N) is 5. The third-order valence-electron chi connectivity index (χ3n) is 6.02. The summed E-state index contributed by atoms with van der Waals surface area (Å²) in [5.41, 5.74) is 1.55. The first-order valence-electron chi connectivity index (χ1n) is 11.4. The van der Waals surface area contributed by atoms with Crippen LogP contribution in [0.3, 0.4) is 0 Å². The van der Waals surface area contributed by atoms with Crippen molar-refractivity contribution in [3.63, 3.8) is 0 Å². The van der Waals surface area contributed by atoms with Crippen molar-refractivity contribution in [1.82, 2.24) is 24.8 Å². The molecule has 3 heterocycles. The lowest BCUT2D eigenvalue weighted by molar-refractivity contribution is 0.0351. The van der Waals surface area contributed by atoms with E-state index >= 15 is 0 Å². The summed E-state index contributed by atoms with van der Waals surface area (Å²) >= 11 is 0. The molecule has 0 atom stereocenters. The topological polar surface area (TPSA) is 97.3 Å². The summed E-state index contributed by atoms with van der Waals surface area (Å²) < 4.78 is 38.5. The molecule has 1 aromatic carbocycles. The van der Waals surface area contributed by atoms with Crippen molar-refractivity contribution in [2.75, 3.05) is 31.8 Å². The van der Waals surface area contributed by atoms with E-state index in [1.54, 1.807) is 37.7 Å². The highest BCUT2D eigenvalue weighted by atomic mass is 19.2. The number of anilines is 4. The minimum atomic E-state index is -0.936. The van der Waals surface area contributed by atoms with Gasteiger partial charge in [0, 0.05) is 42.6 Å². The lowest BCUT2D eigenvalue weighted by Crippen LogP contribution is -2.46. The number of hydrogen-bond acceptors (Lipinski definition) is 9. The second-order valence-corrected chi connectivity index (χ2v) is 8.76. The fraction of sp³-hybridized carbons (Fsp3) is 0.280. The molecule has 1 aliphatic carbocycles. The van der Waals surface area contributed by atoms with E-state index in [4.69, 9.17) is 9.47 Å². The van der Waals surface area contributed by atoms with Gasteiger partial charge in [0.15, 0.2) is 17.4 Å². The summed E-state index contributed by atoms with van der Waals surface area (Å²) in [6, 6.07) is 7.80. The molecule has 36 heavy (non-hydrogen) atoms. The van der Waals surface area contributed by atoms with Crippen molar-refractivity contribution in [1.29, 1.82) is 0 Å². The third-order valence-corrected chi connectivity index (χ3v) is 6.02. The number of halogens is 2. The monoisotopic (exact) mass is 493 g/mol. The van der Waals surface area contributed by atoms with Crippen molar-refractivity contribution in [2.24, 2.45) is 0 Å². The predicted octanol–water partition coefficient (Wildman–Crippen LogP) is 4.67. The van der Waals surface area contributed by atoms with Crippen LogP contribution in [0, 0.1) is 11.6 Å². The SMILES string of the molecule is COc1cc(Nc2nccc(Nc3cnc4cc(F)c(F)cc4c3)n2)cnc1OC1CC(N(C)C)C1. The van der Waals surface area contributed by atoms with Crippen molar-refractivity contribution in [2.45, 2.75) is 25.0 Å². The van der Waals surface area contributed by atoms with Crippen molar-refractivity contribution in [3.8, 4) is 11.6 Å². The molecular formula is C25H25F2N7O2. The number of fused-ring (bicyclic) bond motifs is 1. The molecule has 4 aromatic rings. The smallest absolute Gasteiger partial charge is 0.257 e. The van der Waals surface area contributed by atoms with E-state index in [2.05, 4.69) is 49.6 Å². The molecule has 3 aromatic heterocycles. The first-order chi connectivity index (χ1) is 17.4. The van der Waals surface area contributed by atoms with Gasteiger partial charge in [-0.05, 0) is 32.3 Å². The molecular weight excluding hydrogens is 468 g/mol. The molecule has 0 aliphatic heterocycles. The van der Waals surface area contributed by atoms with Gasteiger partial charge in [-0.2, -0.15) is 4.98 Å². The third kappa shape index (κ3) is 5.10. The van der Waals surface area contributed by atoms with Crippen LogP contribution in [0.5, 0.6) is 11.6 Å². The molecule has 0 unspecified atom stereocenters. The number of rotatable bonds is 8. The molecule has 1 fully saturated rings. The number of nitrogens with one attached hydrogen (secondary N) is 2. The number of pyridine rings is 2. The number of benzene rings is 1. The number of aromatic nitrogens is 4. The Morgan fingerprint density at radius 1 is 0.944 bits per heavy atom. The molecule has 0 spiro atoms. The van der Waals surface area contributed by atoms with Gasteiger partial charge in [-0.25, -0.2) is 18.7 Å². The minimum Gasteiger partial charge on any atom is -0.491 e. The zero-order chi connectivity index (χ0) is 25.2. The summed E-state index contributed by atoms with van der Waals surface area (Å²) in [7, 11) is 5.69. The molecule has 1 saturated carbocycles. The molecule has 0 radical (unpaired) electrons. The Kier molecular flexibility index (Phi) is 6.47. The van der Waals surface area contributed by atoms with Crippen LogP contribution in [0.25, 0.3) is 10.9 Å². The first kappa shape index (κ1) is 23.6. The molecule has 1 aliphatic rings.